The van der Waals surface area contributed by atoms with E-state index in [9.17, 15) is 0 Å². The van der Waals surface area contributed by atoms with Crippen LogP contribution in [0.5, 0.6) is 5.75 Å². The van der Waals surface area contributed by atoms with Gasteiger partial charge in [-0.3, -0.25) is 4.68 Å². The number of ether oxygens (including phenoxy) is 1. The molecular formula is C26H18N2O. The highest BCUT2D eigenvalue weighted by molar-refractivity contribution is 5.95. The van der Waals surface area contributed by atoms with Gasteiger partial charge in [-0.05, 0) is 23.8 Å². The van der Waals surface area contributed by atoms with Gasteiger partial charge in [-0.2, -0.15) is 0 Å². The molecule has 0 saturated heterocycles. The summed E-state index contributed by atoms with van der Waals surface area (Å²) in [6.45, 7) is 0. The smallest absolute Gasteiger partial charge is 0.128 e. The van der Waals surface area contributed by atoms with Crippen LogP contribution in [0, 0.1) is 11.8 Å². The van der Waals surface area contributed by atoms with Crippen molar-refractivity contribution in [1.82, 2.24) is 4.68 Å². The van der Waals surface area contributed by atoms with Crippen molar-refractivity contribution in [2.24, 2.45) is 0 Å². The van der Waals surface area contributed by atoms with Gasteiger partial charge in [0.1, 0.15) is 11.9 Å². The maximum Gasteiger partial charge on any atom is 0.128 e. The number of nitrogen functional groups attached to an aromatic ring is 1. The molecule has 1 aromatic heterocycles. The van der Waals surface area contributed by atoms with Crippen LogP contribution in [0.15, 0.2) is 66.8 Å². The Morgan fingerprint density at radius 1 is 0.966 bits per heavy atom. The van der Waals surface area contributed by atoms with Gasteiger partial charge in [-0.15, -0.1) is 0 Å². The summed E-state index contributed by atoms with van der Waals surface area (Å²) >= 11 is 0. The number of hydrogen-bond acceptors (Lipinski definition) is 2. The minimum absolute atomic E-state index is 0.0725. The lowest BCUT2D eigenvalue weighted by Crippen LogP contribution is -2.22. The van der Waals surface area contributed by atoms with Gasteiger partial charge in [0.2, 0.25) is 0 Å². The summed E-state index contributed by atoms with van der Waals surface area (Å²) in [5.41, 5.74) is 6.96. The highest BCUT2D eigenvalue weighted by atomic mass is 16.5. The van der Waals surface area contributed by atoms with Crippen LogP contribution < -0.4 is 10.6 Å². The van der Waals surface area contributed by atoms with Gasteiger partial charge in [0.15, 0.2) is 0 Å². The molecule has 2 N–H and O–H groups in total. The molecule has 7 rings (SSSR count). The second kappa shape index (κ2) is 5.24. The largest absolute Gasteiger partial charge is 0.485 e. The first kappa shape index (κ1) is 15.3. The lowest BCUT2D eigenvalue weighted by atomic mass is 9.75. The molecule has 0 radical (unpaired) electrons. The molecule has 3 aliphatic carbocycles. The Morgan fingerprint density at radius 2 is 1.86 bits per heavy atom. The molecule has 29 heavy (non-hydrogen) atoms. The lowest BCUT2D eigenvalue weighted by molar-refractivity contribution is 0.269. The first-order valence-electron chi connectivity index (χ1n) is 10.1. The monoisotopic (exact) mass is 374 g/mol. The van der Waals surface area contributed by atoms with E-state index >= 15 is 0 Å². The third-order valence-corrected chi connectivity index (χ3v) is 6.73. The van der Waals surface area contributed by atoms with Gasteiger partial charge < -0.3 is 10.6 Å². The van der Waals surface area contributed by atoms with Gasteiger partial charge in [0.05, 0.1) is 17.1 Å². The molecule has 0 fully saturated rings. The van der Waals surface area contributed by atoms with E-state index in [-0.39, 0.29) is 23.9 Å². The highest BCUT2D eigenvalue weighted by Gasteiger charge is 2.37. The van der Waals surface area contributed by atoms with E-state index in [1.165, 1.54) is 22.1 Å². The van der Waals surface area contributed by atoms with E-state index < -0.39 is 0 Å². The summed E-state index contributed by atoms with van der Waals surface area (Å²) in [5.74, 6) is 15.0. The molecule has 0 amide bonds. The van der Waals surface area contributed by atoms with Crippen molar-refractivity contribution in [2.45, 2.75) is 23.9 Å². The third kappa shape index (κ3) is 1.89. The van der Waals surface area contributed by atoms with Gasteiger partial charge in [0.25, 0.3) is 0 Å². The van der Waals surface area contributed by atoms with Crippen LogP contribution in [0.1, 0.15) is 45.7 Å². The minimum Gasteiger partial charge on any atom is -0.485 e. The average molecular weight is 374 g/mol. The number of hydrogen-bond donors (Lipinski definition) is 1. The SMILES string of the molecule is Nn1c2c(c3cc4c(cc31)OC1C=CC=CC41)C=CC1c3ccccc3C#CC21. The van der Waals surface area contributed by atoms with Crippen molar-refractivity contribution in [1.29, 1.82) is 0 Å². The van der Waals surface area contributed by atoms with Crippen molar-refractivity contribution >= 4 is 17.0 Å². The Bertz CT molecular complexity index is 1380. The Labute approximate surface area is 168 Å². The molecule has 3 aromatic rings. The molecule has 1 aliphatic heterocycles. The quantitative estimate of drug-likeness (QED) is 0.462. The van der Waals surface area contributed by atoms with Crippen LogP contribution in [0.4, 0.5) is 0 Å². The van der Waals surface area contributed by atoms with Crippen LogP contribution in [0.2, 0.25) is 0 Å². The van der Waals surface area contributed by atoms with Gasteiger partial charge in [-0.25, -0.2) is 0 Å². The zero-order valence-electron chi connectivity index (χ0n) is 15.7. The molecule has 3 nitrogen and oxygen atoms in total. The first-order chi connectivity index (χ1) is 14.3. The lowest BCUT2D eigenvalue weighted by Gasteiger charge is -2.28. The highest BCUT2D eigenvalue weighted by Crippen LogP contribution is 2.49. The third-order valence-electron chi connectivity index (χ3n) is 6.73. The molecule has 0 spiro atoms. The fourth-order valence-electron chi connectivity index (χ4n) is 5.36. The first-order valence-corrected chi connectivity index (χ1v) is 10.1. The Balaban J connectivity index is 1.45. The van der Waals surface area contributed by atoms with Gasteiger partial charge in [-0.1, -0.05) is 60.4 Å². The number of rotatable bonds is 0. The Kier molecular flexibility index (Phi) is 2.77. The molecule has 2 aromatic carbocycles. The molecule has 138 valence electrons. The number of nitrogens with two attached hydrogens (primary N) is 1. The molecular weight excluding hydrogens is 356 g/mol. The summed E-state index contributed by atoms with van der Waals surface area (Å²) < 4.78 is 8.05. The topological polar surface area (TPSA) is 40.2 Å². The summed E-state index contributed by atoms with van der Waals surface area (Å²) in [4.78, 5) is 0. The van der Waals surface area contributed by atoms with Crippen LogP contribution in [-0.4, -0.2) is 10.8 Å². The second-order valence-electron chi connectivity index (χ2n) is 8.17. The molecule has 3 heteroatoms. The predicted molar refractivity (Wildman–Crippen MR) is 115 cm³/mol. The predicted octanol–water partition coefficient (Wildman–Crippen LogP) is 4.59. The summed E-state index contributed by atoms with van der Waals surface area (Å²) in [5, 5.41) is 1.18. The van der Waals surface area contributed by atoms with E-state index in [0.717, 1.165) is 22.5 Å². The summed E-state index contributed by atoms with van der Waals surface area (Å²) in [6.07, 6.45) is 13.1. The van der Waals surface area contributed by atoms with Crippen LogP contribution in [0.3, 0.4) is 0 Å². The number of aromatic nitrogens is 1. The van der Waals surface area contributed by atoms with Crippen LogP contribution >= 0.6 is 0 Å². The standard InChI is InChI=1S/C26H18N2O/c27-28-23-14-25-22(18-7-3-4-8-24(18)29-25)13-21(23)20-12-11-17-16-6-2-1-5-15(16)9-10-19(17)26(20)28/h1-8,11-14,17-19,24H,27H2. The molecule has 4 aliphatic rings. The molecule has 4 atom stereocenters. The molecule has 0 saturated carbocycles. The van der Waals surface area contributed by atoms with E-state index in [1.807, 2.05) is 4.68 Å². The Hall–Kier alpha value is -3.64. The minimum atomic E-state index is 0.0725. The molecule has 4 unspecified atom stereocenters. The fraction of sp³-hybridized carbons (Fsp3) is 0.154. The number of allylic oxidation sites excluding steroid dienone is 3. The van der Waals surface area contributed by atoms with Gasteiger partial charge in [0, 0.05) is 40.0 Å². The summed E-state index contributed by atoms with van der Waals surface area (Å²) in [6, 6.07) is 12.8. The maximum absolute atomic E-state index is 6.66. The van der Waals surface area contributed by atoms with E-state index in [2.05, 4.69) is 84.7 Å². The number of fused-ring (bicyclic) bond motifs is 10. The number of benzene rings is 2. The van der Waals surface area contributed by atoms with Gasteiger partial charge >= 0.3 is 0 Å². The van der Waals surface area contributed by atoms with E-state index in [4.69, 9.17) is 10.6 Å². The fourth-order valence-corrected chi connectivity index (χ4v) is 5.36. The van der Waals surface area contributed by atoms with Crippen molar-refractivity contribution in [3.05, 3.63) is 94.7 Å². The second-order valence-corrected chi connectivity index (χ2v) is 8.17. The zero-order chi connectivity index (χ0) is 19.1. The molecule has 2 heterocycles. The van der Waals surface area contributed by atoms with Crippen molar-refractivity contribution in [3.63, 3.8) is 0 Å². The maximum atomic E-state index is 6.66. The van der Waals surface area contributed by atoms with Crippen LogP contribution in [-0.2, 0) is 0 Å². The molecule has 0 bridgehead atoms. The van der Waals surface area contributed by atoms with Crippen molar-refractivity contribution < 1.29 is 4.74 Å². The van der Waals surface area contributed by atoms with E-state index in [0.29, 0.717) is 0 Å². The van der Waals surface area contributed by atoms with E-state index in [1.54, 1.807) is 0 Å². The average Bonchev–Trinajstić information content (AvgIpc) is 3.27. The normalized spacial score (nSPS) is 26.6. The number of nitrogens with zero attached hydrogens (tertiary/aromatic N) is 1. The van der Waals surface area contributed by atoms with Crippen molar-refractivity contribution in [2.75, 3.05) is 5.84 Å². The van der Waals surface area contributed by atoms with Crippen molar-refractivity contribution in [3.8, 4) is 17.6 Å². The summed E-state index contributed by atoms with van der Waals surface area (Å²) in [7, 11) is 0. The zero-order valence-corrected chi connectivity index (χ0v) is 15.7. The Morgan fingerprint density at radius 3 is 2.83 bits per heavy atom. The van der Waals surface area contributed by atoms with Crippen LogP contribution in [0.25, 0.3) is 17.0 Å².